The van der Waals surface area contributed by atoms with Crippen LogP contribution in [0.2, 0.25) is 0 Å². The molecule has 0 fully saturated rings. The third-order valence-electron chi connectivity index (χ3n) is 3.97. The summed E-state index contributed by atoms with van der Waals surface area (Å²) >= 11 is 0. The molecule has 0 aliphatic heterocycles. The fourth-order valence-electron chi connectivity index (χ4n) is 2.79. The van der Waals surface area contributed by atoms with E-state index >= 15 is 0 Å². The van der Waals surface area contributed by atoms with Gasteiger partial charge in [0.05, 0.1) is 0 Å². The summed E-state index contributed by atoms with van der Waals surface area (Å²) in [5.74, 6) is 0.736. The van der Waals surface area contributed by atoms with E-state index in [1.165, 1.54) is 56.1 Å². The fourth-order valence-corrected chi connectivity index (χ4v) is 2.79. The van der Waals surface area contributed by atoms with Gasteiger partial charge in [-0.05, 0) is 36.9 Å². The van der Waals surface area contributed by atoms with Crippen molar-refractivity contribution in [1.29, 1.82) is 0 Å². The number of hydrogen-bond donors (Lipinski definition) is 1. The highest BCUT2D eigenvalue weighted by atomic mass is 14.9. The van der Waals surface area contributed by atoms with Gasteiger partial charge in [0.15, 0.2) is 0 Å². The summed E-state index contributed by atoms with van der Waals surface area (Å²) in [5.41, 5.74) is 2.90. The van der Waals surface area contributed by atoms with Gasteiger partial charge < -0.3 is 5.32 Å². The van der Waals surface area contributed by atoms with Crippen molar-refractivity contribution in [2.24, 2.45) is 5.92 Å². The van der Waals surface area contributed by atoms with Crippen LogP contribution < -0.4 is 5.32 Å². The van der Waals surface area contributed by atoms with E-state index < -0.39 is 0 Å². The Morgan fingerprint density at radius 2 is 1.60 bits per heavy atom. The average molecular weight is 275 g/mol. The van der Waals surface area contributed by atoms with Crippen LogP contribution in [0.4, 0.5) is 0 Å². The molecule has 1 aromatic rings. The number of benzene rings is 1. The summed E-state index contributed by atoms with van der Waals surface area (Å²) in [5, 5.41) is 3.47. The van der Waals surface area contributed by atoms with Gasteiger partial charge in [-0.2, -0.15) is 0 Å². The molecule has 0 aromatic heterocycles. The zero-order valence-electron chi connectivity index (χ0n) is 13.9. The molecule has 0 radical (unpaired) electrons. The summed E-state index contributed by atoms with van der Waals surface area (Å²) in [6.45, 7) is 6.83. The molecule has 0 aliphatic rings. The van der Waals surface area contributed by atoms with Crippen molar-refractivity contribution in [3.8, 4) is 0 Å². The van der Waals surface area contributed by atoms with E-state index in [1.54, 1.807) is 0 Å². The zero-order chi connectivity index (χ0) is 14.8. The molecule has 0 amide bonds. The smallest absolute Gasteiger partial charge is 0.0317 e. The molecule has 0 spiro atoms. The Kier molecular flexibility index (Phi) is 8.60. The van der Waals surface area contributed by atoms with Crippen LogP contribution in [0.25, 0.3) is 0 Å². The van der Waals surface area contributed by atoms with Gasteiger partial charge in [0.2, 0.25) is 0 Å². The van der Waals surface area contributed by atoms with Gasteiger partial charge in [-0.1, -0.05) is 77.1 Å². The van der Waals surface area contributed by atoms with Crippen molar-refractivity contribution < 1.29 is 0 Å². The van der Waals surface area contributed by atoms with Gasteiger partial charge in [-0.25, -0.2) is 0 Å². The molecule has 1 N–H and O–H groups in total. The van der Waals surface area contributed by atoms with Gasteiger partial charge in [-0.3, -0.25) is 0 Å². The van der Waals surface area contributed by atoms with E-state index in [4.69, 9.17) is 0 Å². The molecule has 1 nitrogen and oxygen atoms in total. The predicted octanol–water partition coefficient (Wildman–Crippen LogP) is 5.51. The van der Waals surface area contributed by atoms with E-state index in [0.29, 0.717) is 6.04 Å². The Morgan fingerprint density at radius 3 is 2.15 bits per heavy atom. The molecule has 1 atom stereocenters. The van der Waals surface area contributed by atoms with E-state index in [9.17, 15) is 0 Å². The van der Waals surface area contributed by atoms with Crippen LogP contribution in [-0.2, 0) is 6.42 Å². The molecule has 1 heteroatoms. The monoisotopic (exact) mass is 275 g/mol. The molecule has 0 saturated heterocycles. The number of hydrogen-bond acceptors (Lipinski definition) is 1. The lowest BCUT2D eigenvalue weighted by Gasteiger charge is -2.17. The van der Waals surface area contributed by atoms with E-state index in [-0.39, 0.29) is 0 Å². The first-order chi connectivity index (χ1) is 9.67. The van der Waals surface area contributed by atoms with Crippen molar-refractivity contribution in [2.45, 2.75) is 71.8 Å². The summed E-state index contributed by atoms with van der Waals surface area (Å²) in [4.78, 5) is 0. The summed E-state index contributed by atoms with van der Waals surface area (Å²) in [6.07, 6.45) is 9.24. The van der Waals surface area contributed by atoms with Gasteiger partial charge in [-0.15, -0.1) is 0 Å². The molecule has 20 heavy (non-hydrogen) atoms. The summed E-state index contributed by atoms with van der Waals surface area (Å²) < 4.78 is 0. The van der Waals surface area contributed by atoms with Crippen LogP contribution in [0.1, 0.15) is 76.5 Å². The van der Waals surface area contributed by atoms with Crippen LogP contribution in [0, 0.1) is 5.92 Å². The summed E-state index contributed by atoms with van der Waals surface area (Å²) in [7, 11) is 2.08. The lowest BCUT2D eigenvalue weighted by molar-refractivity contribution is 0.500. The third-order valence-corrected chi connectivity index (χ3v) is 3.97. The molecule has 0 saturated carbocycles. The van der Waals surface area contributed by atoms with Crippen molar-refractivity contribution in [3.05, 3.63) is 35.4 Å². The lowest BCUT2D eigenvalue weighted by Crippen LogP contribution is -2.16. The average Bonchev–Trinajstić information content (AvgIpc) is 2.43. The maximum Gasteiger partial charge on any atom is 0.0317 e. The first-order valence-corrected chi connectivity index (χ1v) is 8.43. The normalized spacial score (nSPS) is 12.8. The largest absolute Gasteiger partial charge is 0.313 e. The Balaban J connectivity index is 2.44. The molecule has 0 bridgehead atoms. The Labute approximate surface area is 126 Å². The van der Waals surface area contributed by atoms with Gasteiger partial charge in [0.25, 0.3) is 0 Å². The quantitative estimate of drug-likeness (QED) is 0.555. The Bertz CT molecular complexity index is 339. The Hall–Kier alpha value is -0.820. The maximum absolute atomic E-state index is 3.47. The topological polar surface area (TPSA) is 12.0 Å². The van der Waals surface area contributed by atoms with Crippen molar-refractivity contribution >= 4 is 0 Å². The number of nitrogens with one attached hydrogen (secondary N) is 1. The molecule has 114 valence electrons. The molecule has 1 unspecified atom stereocenters. The molecule has 1 aromatic carbocycles. The molecule has 1 rings (SSSR count). The molecule has 0 heterocycles. The predicted molar refractivity (Wildman–Crippen MR) is 90.2 cm³/mol. The van der Waals surface area contributed by atoms with Crippen LogP contribution in [-0.4, -0.2) is 7.05 Å². The second-order valence-electron chi connectivity index (χ2n) is 6.38. The van der Waals surface area contributed by atoms with Gasteiger partial charge >= 0.3 is 0 Å². The lowest BCUT2D eigenvalue weighted by atomic mass is 9.96. The van der Waals surface area contributed by atoms with E-state index in [1.807, 2.05) is 0 Å². The molecular weight excluding hydrogens is 242 g/mol. The fraction of sp³-hybridized carbons (Fsp3) is 0.684. The van der Waals surface area contributed by atoms with Crippen LogP contribution in [0.15, 0.2) is 24.3 Å². The van der Waals surface area contributed by atoms with Crippen LogP contribution in [0.3, 0.4) is 0 Å². The second kappa shape index (κ2) is 9.99. The van der Waals surface area contributed by atoms with E-state index in [0.717, 1.165) is 5.92 Å². The first-order valence-electron chi connectivity index (χ1n) is 8.43. The molecular formula is C19H33N. The number of unbranched alkanes of at least 4 members (excludes halogenated alkanes) is 4. The van der Waals surface area contributed by atoms with Crippen molar-refractivity contribution in [1.82, 2.24) is 5.32 Å². The minimum atomic E-state index is 0.518. The standard InChI is InChI=1S/C19H33N/c1-5-6-7-8-9-10-19(20-4)18-13-11-17(12-14-18)15-16(2)3/h11-14,16,19-20H,5-10,15H2,1-4H3. The van der Waals surface area contributed by atoms with Crippen molar-refractivity contribution in [3.63, 3.8) is 0 Å². The highest BCUT2D eigenvalue weighted by Gasteiger charge is 2.08. The van der Waals surface area contributed by atoms with Gasteiger partial charge in [0, 0.05) is 6.04 Å². The summed E-state index contributed by atoms with van der Waals surface area (Å²) in [6, 6.07) is 9.74. The SMILES string of the molecule is CCCCCCCC(NC)c1ccc(CC(C)C)cc1. The zero-order valence-corrected chi connectivity index (χ0v) is 13.9. The first kappa shape index (κ1) is 17.2. The second-order valence-corrected chi connectivity index (χ2v) is 6.38. The maximum atomic E-state index is 3.47. The number of rotatable bonds is 10. The minimum Gasteiger partial charge on any atom is -0.313 e. The third kappa shape index (κ3) is 6.56. The van der Waals surface area contributed by atoms with Crippen LogP contribution in [0.5, 0.6) is 0 Å². The molecule has 0 aliphatic carbocycles. The minimum absolute atomic E-state index is 0.518. The van der Waals surface area contributed by atoms with Crippen molar-refractivity contribution in [2.75, 3.05) is 7.05 Å². The van der Waals surface area contributed by atoms with E-state index in [2.05, 4.69) is 57.4 Å². The van der Waals surface area contributed by atoms with Gasteiger partial charge in [0.1, 0.15) is 0 Å². The van der Waals surface area contributed by atoms with Crippen LogP contribution >= 0.6 is 0 Å². The highest BCUT2D eigenvalue weighted by molar-refractivity contribution is 5.25. The Morgan fingerprint density at radius 1 is 0.950 bits per heavy atom. The highest BCUT2D eigenvalue weighted by Crippen LogP contribution is 2.21.